The molecule has 3 N–H and O–H groups in total. The highest BCUT2D eigenvalue weighted by atomic mass is 127. The van der Waals surface area contributed by atoms with E-state index in [1.807, 2.05) is 6.92 Å². The van der Waals surface area contributed by atoms with Gasteiger partial charge in [0.2, 0.25) is 0 Å². The first kappa shape index (κ1) is 24.1. The summed E-state index contributed by atoms with van der Waals surface area (Å²) in [5, 5.41) is 16.5. The third-order valence-corrected chi connectivity index (χ3v) is 4.56. The topological polar surface area (TPSA) is 69.1 Å². The average Bonchev–Trinajstić information content (AvgIpc) is 2.65. The van der Waals surface area contributed by atoms with Crippen LogP contribution in [0, 0.1) is 5.82 Å². The third-order valence-electron chi connectivity index (χ3n) is 4.56. The van der Waals surface area contributed by atoms with Gasteiger partial charge in [-0.2, -0.15) is 0 Å². The molecule has 1 atom stereocenters. The molecule has 1 saturated heterocycles. The molecule has 6 nitrogen and oxygen atoms in total. The van der Waals surface area contributed by atoms with Gasteiger partial charge in [0.25, 0.3) is 0 Å². The minimum Gasteiger partial charge on any atom is -0.386 e. The van der Waals surface area contributed by atoms with Gasteiger partial charge in [0.1, 0.15) is 5.82 Å². The fourth-order valence-corrected chi connectivity index (χ4v) is 2.93. The number of morpholine rings is 1. The molecule has 2 rings (SSSR count). The zero-order valence-corrected chi connectivity index (χ0v) is 18.7. The molecular weight excluding hydrogens is 462 g/mol. The summed E-state index contributed by atoms with van der Waals surface area (Å²) >= 11 is 0. The molecule has 0 saturated carbocycles. The number of benzene rings is 1. The van der Waals surface area contributed by atoms with Crippen LogP contribution in [0.15, 0.2) is 29.3 Å². The second-order valence-corrected chi connectivity index (χ2v) is 7.03. The van der Waals surface area contributed by atoms with Crippen molar-refractivity contribution in [3.05, 3.63) is 35.6 Å². The predicted molar refractivity (Wildman–Crippen MR) is 117 cm³/mol. The number of ether oxygens (including phenoxy) is 1. The highest BCUT2D eigenvalue weighted by Gasteiger charge is 2.28. The second-order valence-electron chi connectivity index (χ2n) is 7.03. The summed E-state index contributed by atoms with van der Waals surface area (Å²) in [6.45, 7) is 11.1. The van der Waals surface area contributed by atoms with Gasteiger partial charge < -0.3 is 20.5 Å². The lowest BCUT2D eigenvalue weighted by Gasteiger charge is -2.39. The van der Waals surface area contributed by atoms with Crippen LogP contribution in [0.5, 0.6) is 0 Å². The van der Waals surface area contributed by atoms with E-state index in [0.717, 1.165) is 26.3 Å². The molecule has 8 heteroatoms. The van der Waals surface area contributed by atoms with Crippen LogP contribution in [0.25, 0.3) is 0 Å². The lowest BCUT2D eigenvalue weighted by molar-refractivity contribution is -0.00684. The van der Waals surface area contributed by atoms with E-state index in [2.05, 4.69) is 34.4 Å². The Morgan fingerprint density at radius 1 is 1.30 bits per heavy atom. The van der Waals surface area contributed by atoms with Crippen LogP contribution in [0.1, 0.15) is 32.4 Å². The normalized spacial score (nSPS) is 17.1. The highest BCUT2D eigenvalue weighted by Crippen LogP contribution is 2.17. The number of hydrogen-bond donors (Lipinski definition) is 3. The van der Waals surface area contributed by atoms with Crippen LogP contribution in [0.4, 0.5) is 4.39 Å². The molecular formula is C19H32FIN4O2. The first-order valence-electron chi connectivity index (χ1n) is 9.21. The molecule has 1 aromatic carbocycles. The van der Waals surface area contributed by atoms with Crippen molar-refractivity contribution < 1.29 is 14.2 Å². The molecule has 1 heterocycles. The first-order valence-corrected chi connectivity index (χ1v) is 9.21. The van der Waals surface area contributed by atoms with Crippen molar-refractivity contribution >= 4 is 29.9 Å². The molecule has 0 spiro atoms. The average molecular weight is 494 g/mol. The molecule has 0 aliphatic carbocycles. The third kappa shape index (κ3) is 7.52. The number of rotatable bonds is 7. The maximum absolute atomic E-state index is 13.8. The van der Waals surface area contributed by atoms with Gasteiger partial charge in [-0.25, -0.2) is 4.39 Å². The van der Waals surface area contributed by atoms with Crippen molar-refractivity contribution in [1.82, 2.24) is 15.5 Å². The molecule has 154 valence electrons. The van der Waals surface area contributed by atoms with Crippen LogP contribution in [0.3, 0.4) is 0 Å². The van der Waals surface area contributed by atoms with Gasteiger partial charge in [-0.15, -0.1) is 24.0 Å². The number of hydrogen-bond acceptors (Lipinski definition) is 4. The molecule has 27 heavy (non-hydrogen) atoms. The Labute approximate surface area is 178 Å². The number of halogens is 2. The maximum Gasteiger partial charge on any atom is 0.191 e. The van der Waals surface area contributed by atoms with Gasteiger partial charge in [-0.3, -0.25) is 9.89 Å². The largest absolute Gasteiger partial charge is 0.386 e. The summed E-state index contributed by atoms with van der Waals surface area (Å²) in [6.07, 6.45) is -0.938. The van der Waals surface area contributed by atoms with E-state index in [0.29, 0.717) is 19.0 Å². The van der Waals surface area contributed by atoms with E-state index in [9.17, 15) is 9.50 Å². The Bertz CT molecular complexity index is 595. The van der Waals surface area contributed by atoms with E-state index >= 15 is 0 Å². The molecule has 1 aliphatic rings. The van der Waals surface area contributed by atoms with Crippen LogP contribution in [-0.4, -0.2) is 67.4 Å². The standard InChI is InChI=1S/C19H31FN4O2.HI/c1-4-21-18(22-13-17(25)15-7-5-6-8-16(15)20)23-14-19(2,3)24-9-11-26-12-10-24;/h5-8,17,25H,4,9-14H2,1-3H3,(H2,21,22,23);1H. The summed E-state index contributed by atoms with van der Waals surface area (Å²) in [5.74, 6) is 0.210. The van der Waals surface area contributed by atoms with Crippen molar-refractivity contribution in [2.24, 2.45) is 4.99 Å². The lowest BCUT2D eigenvalue weighted by atomic mass is 10.0. The minimum absolute atomic E-state index is 0. The monoisotopic (exact) mass is 494 g/mol. The number of aliphatic hydroxyl groups is 1. The fraction of sp³-hybridized carbons (Fsp3) is 0.632. The van der Waals surface area contributed by atoms with Gasteiger partial charge in [-0.05, 0) is 26.8 Å². The van der Waals surface area contributed by atoms with E-state index in [4.69, 9.17) is 4.74 Å². The van der Waals surface area contributed by atoms with Crippen molar-refractivity contribution in [1.29, 1.82) is 0 Å². The molecule has 1 aliphatic heterocycles. The van der Waals surface area contributed by atoms with E-state index in [1.54, 1.807) is 18.2 Å². The van der Waals surface area contributed by atoms with Gasteiger partial charge in [0, 0.05) is 37.3 Å². The molecule has 0 bridgehead atoms. The van der Waals surface area contributed by atoms with E-state index in [-0.39, 0.29) is 41.6 Å². The van der Waals surface area contributed by atoms with Crippen molar-refractivity contribution in [2.45, 2.75) is 32.4 Å². The van der Waals surface area contributed by atoms with Crippen molar-refractivity contribution in [2.75, 3.05) is 45.9 Å². The molecule has 1 unspecified atom stereocenters. The summed E-state index contributed by atoms with van der Waals surface area (Å²) in [6, 6.07) is 6.26. The van der Waals surface area contributed by atoms with E-state index < -0.39 is 11.9 Å². The van der Waals surface area contributed by atoms with Gasteiger partial charge >= 0.3 is 0 Å². The Kier molecular flexibility index (Phi) is 10.5. The Hall–Kier alpha value is -0.970. The van der Waals surface area contributed by atoms with Crippen molar-refractivity contribution in [3.63, 3.8) is 0 Å². The molecule has 0 amide bonds. The minimum atomic E-state index is -0.938. The summed E-state index contributed by atoms with van der Waals surface area (Å²) in [7, 11) is 0. The number of aliphatic imine (C=N–C) groups is 1. The van der Waals surface area contributed by atoms with Gasteiger partial charge in [0.15, 0.2) is 5.96 Å². The Morgan fingerprint density at radius 3 is 2.59 bits per heavy atom. The number of guanidine groups is 1. The van der Waals surface area contributed by atoms with Crippen LogP contribution in [-0.2, 0) is 4.74 Å². The highest BCUT2D eigenvalue weighted by molar-refractivity contribution is 14.0. The van der Waals surface area contributed by atoms with Crippen molar-refractivity contribution in [3.8, 4) is 0 Å². The molecule has 0 aromatic heterocycles. The van der Waals surface area contributed by atoms with Crippen LogP contribution in [0.2, 0.25) is 0 Å². The zero-order valence-electron chi connectivity index (χ0n) is 16.4. The summed E-state index contributed by atoms with van der Waals surface area (Å²) in [5.41, 5.74) is 0.195. The summed E-state index contributed by atoms with van der Waals surface area (Å²) < 4.78 is 19.2. The van der Waals surface area contributed by atoms with E-state index in [1.165, 1.54) is 6.07 Å². The quantitative estimate of drug-likeness (QED) is 0.308. The lowest BCUT2D eigenvalue weighted by Crippen LogP contribution is -2.52. The predicted octanol–water partition coefficient (Wildman–Crippen LogP) is 2.14. The second kappa shape index (κ2) is 11.8. The van der Waals surface area contributed by atoms with Crippen LogP contribution < -0.4 is 10.6 Å². The number of aliphatic hydroxyl groups excluding tert-OH is 1. The number of nitrogens with one attached hydrogen (secondary N) is 2. The maximum atomic E-state index is 13.8. The van der Waals surface area contributed by atoms with Gasteiger partial charge in [-0.1, -0.05) is 18.2 Å². The SMILES string of the molecule is CCNC(=NCC(C)(C)N1CCOCC1)NCC(O)c1ccccc1F.I. The summed E-state index contributed by atoms with van der Waals surface area (Å²) in [4.78, 5) is 7.03. The molecule has 1 fully saturated rings. The Balaban J connectivity index is 0.00000364. The first-order chi connectivity index (χ1) is 12.4. The fourth-order valence-electron chi connectivity index (χ4n) is 2.93. The van der Waals surface area contributed by atoms with Gasteiger partial charge in [0.05, 0.1) is 25.9 Å². The zero-order chi connectivity index (χ0) is 19.0. The van der Waals surface area contributed by atoms with Crippen LogP contribution >= 0.6 is 24.0 Å². The molecule has 0 radical (unpaired) electrons. The Morgan fingerprint density at radius 2 is 1.96 bits per heavy atom. The number of nitrogens with zero attached hydrogens (tertiary/aromatic N) is 2. The molecule has 1 aromatic rings. The smallest absolute Gasteiger partial charge is 0.191 e.